The lowest BCUT2D eigenvalue weighted by molar-refractivity contribution is 0.0909. The van der Waals surface area contributed by atoms with Crippen LogP contribution >= 0.6 is 23.2 Å². The number of hydrogen-bond donors (Lipinski definition) is 1. The van der Waals surface area contributed by atoms with Crippen LogP contribution in [0.15, 0.2) is 35.0 Å². The van der Waals surface area contributed by atoms with Crippen LogP contribution in [0.2, 0.25) is 10.0 Å². The first kappa shape index (κ1) is 21.6. The third-order valence-corrected chi connectivity index (χ3v) is 4.72. The van der Waals surface area contributed by atoms with Gasteiger partial charge in [0.25, 0.3) is 0 Å². The third-order valence-electron chi connectivity index (χ3n) is 4.12. The van der Waals surface area contributed by atoms with Gasteiger partial charge >= 0.3 is 5.91 Å². The van der Waals surface area contributed by atoms with Crippen molar-refractivity contribution in [2.75, 3.05) is 11.6 Å². The Labute approximate surface area is 183 Å². The zero-order valence-corrected chi connectivity index (χ0v) is 18.0. The Kier molecular flexibility index (Phi) is 6.55. The number of hydrazine groups is 1. The van der Waals surface area contributed by atoms with Crippen molar-refractivity contribution in [1.29, 1.82) is 5.26 Å². The lowest BCUT2D eigenvalue weighted by atomic mass is 10.1. The number of carbonyl (C=O) groups excluding carboxylic acids is 1. The highest BCUT2D eigenvalue weighted by Gasteiger charge is 2.25. The summed E-state index contributed by atoms with van der Waals surface area (Å²) in [6.07, 6.45) is 1.32. The van der Waals surface area contributed by atoms with Crippen LogP contribution in [0.3, 0.4) is 0 Å². The Morgan fingerprint density at radius 3 is 2.70 bits per heavy atom. The first-order valence-corrected chi connectivity index (χ1v) is 9.79. The summed E-state index contributed by atoms with van der Waals surface area (Å²) >= 11 is 12.5. The fraction of sp³-hybridized carbons (Fsp3) is 0.250. The maximum atomic E-state index is 13.0. The minimum Gasteiger partial charge on any atom is -0.350 e. The second kappa shape index (κ2) is 9.11. The summed E-state index contributed by atoms with van der Waals surface area (Å²) in [7, 11) is 0. The molecule has 0 atom stereocenters. The van der Waals surface area contributed by atoms with Crippen molar-refractivity contribution in [3.05, 3.63) is 57.7 Å². The van der Waals surface area contributed by atoms with Crippen LogP contribution in [0.4, 0.5) is 5.82 Å². The normalized spacial score (nSPS) is 10.7. The van der Waals surface area contributed by atoms with Gasteiger partial charge in [-0.15, -0.1) is 0 Å². The number of anilines is 1. The predicted octanol–water partition coefficient (Wildman–Crippen LogP) is 4.43. The van der Waals surface area contributed by atoms with Crippen LogP contribution in [-0.4, -0.2) is 27.6 Å². The van der Waals surface area contributed by atoms with Gasteiger partial charge in [-0.1, -0.05) is 60.4 Å². The monoisotopic (exact) mass is 444 g/mol. The molecule has 0 bridgehead atoms. The van der Waals surface area contributed by atoms with E-state index >= 15 is 0 Å². The quantitative estimate of drug-likeness (QED) is 0.560. The molecule has 2 heterocycles. The van der Waals surface area contributed by atoms with Crippen LogP contribution in [0.1, 0.15) is 35.8 Å². The number of carbonyl (C=O) groups is 1. The number of nitrogens with zero attached hydrogens (tertiary/aromatic N) is 5. The molecule has 0 aliphatic carbocycles. The molecule has 1 aromatic carbocycles. The molecule has 1 N–H and O–H groups in total. The SMILES string of the molecule is Cc1c(-c2ccccc2Cl)noc1C(=O)NN(CC(C)C)c1nc(C#N)ncc1Cl. The van der Waals surface area contributed by atoms with E-state index in [1.807, 2.05) is 26.0 Å². The molecule has 0 radical (unpaired) electrons. The molecule has 3 aromatic rings. The van der Waals surface area contributed by atoms with Gasteiger partial charge in [-0.2, -0.15) is 10.2 Å². The first-order valence-electron chi connectivity index (χ1n) is 9.04. The Bertz CT molecular complexity index is 1120. The van der Waals surface area contributed by atoms with Crippen LogP contribution in [0.25, 0.3) is 11.3 Å². The Balaban J connectivity index is 1.93. The molecule has 0 fully saturated rings. The number of nitriles is 1. The standard InChI is InChI=1S/C20H18Cl2N6O2/c1-11(2)10-28(19-15(22)9-24-16(8-23)25-19)26-20(29)18-12(3)17(27-30-18)13-6-4-5-7-14(13)21/h4-7,9,11H,10H2,1-3H3,(H,26,29). The van der Waals surface area contributed by atoms with Crippen molar-refractivity contribution in [2.24, 2.45) is 5.92 Å². The molecule has 0 aliphatic heterocycles. The molecular weight excluding hydrogens is 427 g/mol. The van der Waals surface area contributed by atoms with Gasteiger partial charge in [-0.05, 0) is 18.9 Å². The minimum atomic E-state index is -0.535. The summed E-state index contributed by atoms with van der Waals surface area (Å²) < 4.78 is 5.32. The highest BCUT2D eigenvalue weighted by Crippen LogP contribution is 2.31. The number of nitrogens with one attached hydrogen (secondary N) is 1. The maximum absolute atomic E-state index is 13.0. The molecule has 0 saturated carbocycles. The summed E-state index contributed by atoms with van der Waals surface area (Å²) in [6.45, 7) is 6.05. The highest BCUT2D eigenvalue weighted by molar-refractivity contribution is 6.33. The average molecular weight is 445 g/mol. The Hall–Kier alpha value is -3.15. The van der Waals surface area contributed by atoms with Crippen LogP contribution < -0.4 is 10.4 Å². The predicted molar refractivity (Wildman–Crippen MR) is 113 cm³/mol. The van der Waals surface area contributed by atoms with Gasteiger partial charge in [0.15, 0.2) is 5.82 Å². The molecule has 0 unspecified atom stereocenters. The fourth-order valence-electron chi connectivity index (χ4n) is 2.78. The summed E-state index contributed by atoms with van der Waals surface area (Å²) in [5, 5.41) is 15.3. The second-order valence-corrected chi connectivity index (χ2v) is 7.70. The molecule has 10 heteroatoms. The average Bonchev–Trinajstić information content (AvgIpc) is 3.09. The highest BCUT2D eigenvalue weighted by atomic mass is 35.5. The summed E-state index contributed by atoms with van der Waals surface area (Å²) in [5.74, 6) is -0.198. The molecule has 0 aliphatic rings. The molecule has 0 spiro atoms. The molecule has 154 valence electrons. The fourth-order valence-corrected chi connectivity index (χ4v) is 3.20. The number of aromatic nitrogens is 3. The van der Waals surface area contributed by atoms with Gasteiger partial charge in [-0.3, -0.25) is 15.2 Å². The van der Waals surface area contributed by atoms with E-state index in [4.69, 9.17) is 33.0 Å². The van der Waals surface area contributed by atoms with Crippen molar-refractivity contribution in [3.8, 4) is 17.3 Å². The Morgan fingerprint density at radius 2 is 2.03 bits per heavy atom. The summed E-state index contributed by atoms with van der Waals surface area (Å²) in [5.41, 5.74) is 4.42. The lowest BCUT2D eigenvalue weighted by Gasteiger charge is -2.26. The summed E-state index contributed by atoms with van der Waals surface area (Å²) in [4.78, 5) is 20.9. The van der Waals surface area contributed by atoms with Gasteiger partial charge in [0, 0.05) is 17.7 Å². The molecule has 1 amide bonds. The third kappa shape index (κ3) is 4.53. The van der Waals surface area contributed by atoms with E-state index in [0.29, 0.717) is 28.4 Å². The lowest BCUT2D eigenvalue weighted by Crippen LogP contribution is -2.45. The maximum Gasteiger partial charge on any atom is 0.308 e. The zero-order chi connectivity index (χ0) is 21.8. The van der Waals surface area contributed by atoms with Gasteiger partial charge < -0.3 is 4.52 Å². The van der Waals surface area contributed by atoms with Crippen molar-refractivity contribution in [2.45, 2.75) is 20.8 Å². The van der Waals surface area contributed by atoms with Gasteiger partial charge in [0.2, 0.25) is 11.6 Å². The van der Waals surface area contributed by atoms with Crippen molar-refractivity contribution in [3.63, 3.8) is 0 Å². The molecule has 0 saturated heterocycles. The van der Waals surface area contributed by atoms with E-state index in [-0.39, 0.29) is 28.3 Å². The first-order chi connectivity index (χ1) is 14.3. The van der Waals surface area contributed by atoms with Crippen LogP contribution in [0, 0.1) is 24.2 Å². The van der Waals surface area contributed by atoms with Crippen molar-refractivity contribution in [1.82, 2.24) is 20.6 Å². The Morgan fingerprint density at radius 1 is 1.30 bits per heavy atom. The van der Waals surface area contributed by atoms with E-state index in [0.717, 1.165) is 0 Å². The van der Waals surface area contributed by atoms with Gasteiger partial charge in [-0.25, -0.2) is 4.98 Å². The van der Waals surface area contributed by atoms with Gasteiger partial charge in [0.1, 0.15) is 16.8 Å². The number of hydrogen-bond acceptors (Lipinski definition) is 7. The van der Waals surface area contributed by atoms with E-state index < -0.39 is 5.91 Å². The molecule has 3 rings (SSSR count). The van der Waals surface area contributed by atoms with Gasteiger partial charge in [0.05, 0.1) is 11.2 Å². The van der Waals surface area contributed by atoms with E-state index in [9.17, 15) is 4.79 Å². The summed E-state index contributed by atoms with van der Waals surface area (Å²) in [6, 6.07) is 9.02. The van der Waals surface area contributed by atoms with E-state index in [1.165, 1.54) is 11.2 Å². The van der Waals surface area contributed by atoms with Crippen molar-refractivity contribution >= 4 is 34.9 Å². The minimum absolute atomic E-state index is 0.0318. The van der Waals surface area contributed by atoms with Crippen LogP contribution in [0.5, 0.6) is 0 Å². The molecule has 30 heavy (non-hydrogen) atoms. The molecule has 8 nitrogen and oxygen atoms in total. The zero-order valence-electron chi connectivity index (χ0n) is 16.5. The smallest absolute Gasteiger partial charge is 0.308 e. The topological polar surface area (TPSA) is 108 Å². The van der Waals surface area contributed by atoms with E-state index in [2.05, 4.69) is 20.6 Å². The largest absolute Gasteiger partial charge is 0.350 e. The number of amides is 1. The molecular formula is C20H18Cl2N6O2. The van der Waals surface area contributed by atoms with E-state index in [1.54, 1.807) is 25.1 Å². The van der Waals surface area contributed by atoms with Crippen molar-refractivity contribution < 1.29 is 9.32 Å². The molecule has 2 aromatic heterocycles. The second-order valence-electron chi connectivity index (χ2n) is 6.89. The van der Waals surface area contributed by atoms with Crippen LogP contribution in [-0.2, 0) is 0 Å². The number of rotatable bonds is 6. The number of benzene rings is 1. The number of halogens is 2.